The van der Waals surface area contributed by atoms with Crippen LogP contribution in [0, 0.1) is 0 Å². The molecule has 3 rings (SSSR count). The van der Waals surface area contributed by atoms with E-state index in [4.69, 9.17) is 4.74 Å². The van der Waals surface area contributed by atoms with Crippen molar-refractivity contribution < 1.29 is 9.53 Å². The Bertz CT molecular complexity index is 756. The molecule has 1 saturated heterocycles. The maximum atomic E-state index is 12.6. The molecule has 1 aliphatic rings. The van der Waals surface area contributed by atoms with Gasteiger partial charge in [-0.1, -0.05) is 42.5 Å². The van der Waals surface area contributed by atoms with E-state index in [2.05, 4.69) is 56.1 Å². The Hall–Kier alpha value is -1.91. The van der Waals surface area contributed by atoms with Crippen LogP contribution in [-0.4, -0.2) is 48.2 Å². The molecule has 1 heterocycles. The zero-order valence-electron chi connectivity index (χ0n) is 16.3. The van der Waals surface area contributed by atoms with Crippen molar-refractivity contribution in [3.8, 4) is 0 Å². The number of fused-ring (bicyclic) bond motifs is 1. The molecule has 1 fully saturated rings. The SMILES string of the molecule is C[C@H]1CN(C(C)(C)CNC(=O)Cc2cccc3ccccc23)C[C@H](C)O1. The highest BCUT2D eigenvalue weighted by Gasteiger charge is 2.33. The topological polar surface area (TPSA) is 41.6 Å². The molecule has 0 unspecified atom stereocenters. The first-order chi connectivity index (χ1) is 12.3. The van der Waals surface area contributed by atoms with Crippen molar-refractivity contribution in [3.63, 3.8) is 0 Å². The molecule has 140 valence electrons. The molecule has 2 aromatic rings. The fourth-order valence-electron chi connectivity index (χ4n) is 3.78. The third-order valence-corrected chi connectivity index (χ3v) is 5.22. The number of morpholine rings is 1. The highest BCUT2D eigenvalue weighted by molar-refractivity contribution is 5.90. The van der Waals surface area contributed by atoms with Gasteiger partial charge in [-0.05, 0) is 44.0 Å². The van der Waals surface area contributed by atoms with Crippen molar-refractivity contribution in [3.05, 3.63) is 48.0 Å². The number of benzene rings is 2. The average Bonchev–Trinajstić information content (AvgIpc) is 2.60. The number of carbonyl (C=O) groups is 1. The van der Waals surface area contributed by atoms with Gasteiger partial charge in [0, 0.05) is 25.2 Å². The van der Waals surface area contributed by atoms with Crippen LogP contribution in [0.1, 0.15) is 33.3 Å². The third kappa shape index (κ3) is 4.43. The molecule has 1 amide bonds. The zero-order valence-corrected chi connectivity index (χ0v) is 16.3. The predicted molar refractivity (Wildman–Crippen MR) is 106 cm³/mol. The van der Waals surface area contributed by atoms with Gasteiger partial charge in [0.25, 0.3) is 0 Å². The minimum absolute atomic E-state index is 0.0729. The summed E-state index contributed by atoms with van der Waals surface area (Å²) in [6, 6.07) is 14.4. The van der Waals surface area contributed by atoms with Crippen LogP contribution in [0.5, 0.6) is 0 Å². The van der Waals surface area contributed by atoms with Gasteiger partial charge in [-0.25, -0.2) is 0 Å². The maximum Gasteiger partial charge on any atom is 0.224 e. The Morgan fingerprint density at radius 2 is 1.77 bits per heavy atom. The van der Waals surface area contributed by atoms with E-state index >= 15 is 0 Å². The van der Waals surface area contributed by atoms with Crippen LogP contribution >= 0.6 is 0 Å². The van der Waals surface area contributed by atoms with Crippen LogP contribution in [0.15, 0.2) is 42.5 Å². The lowest BCUT2D eigenvalue weighted by Gasteiger charge is -2.45. The van der Waals surface area contributed by atoms with Gasteiger partial charge >= 0.3 is 0 Å². The summed E-state index contributed by atoms with van der Waals surface area (Å²) >= 11 is 0. The van der Waals surface area contributed by atoms with Gasteiger partial charge in [0.05, 0.1) is 18.6 Å². The van der Waals surface area contributed by atoms with E-state index in [1.807, 2.05) is 24.3 Å². The molecule has 1 N–H and O–H groups in total. The van der Waals surface area contributed by atoms with Crippen molar-refractivity contribution in [1.29, 1.82) is 0 Å². The second-order valence-corrected chi connectivity index (χ2v) is 8.07. The fourth-order valence-corrected chi connectivity index (χ4v) is 3.78. The first kappa shape index (κ1) is 18.9. The summed E-state index contributed by atoms with van der Waals surface area (Å²) in [7, 11) is 0. The van der Waals surface area contributed by atoms with E-state index in [0.29, 0.717) is 13.0 Å². The summed E-state index contributed by atoms with van der Waals surface area (Å²) in [5.74, 6) is 0.0729. The van der Waals surface area contributed by atoms with Gasteiger partial charge in [0.1, 0.15) is 0 Å². The van der Waals surface area contributed by atoms with E-state index in [1.165, 1.54) is 5.39 Å². The van der Waals surface area contributed by atoms with E-state index in [0.717, 1.165) is 24.0 Å². The number of amides is 1. The minimum Gasteiger partial charge on any atom is -0.373 e. The predicted octanol–water partition coefficient (Wildman–Crippen LogP) is 3.39. The monoisotopic (exact) mass is 354 g/mol. The molecule has 1 aliphatic heterocycles. The lowest BCUT2D eigenvalue weighted by Crippen LogP contribution is -2.58. The normalized spacial score (nSPS) is 21.7. The molecule has 0 aliphatic carbocycles. The summed E-state index contributed by atoms with van der Waals surface area (Å²) in [5, 5.41) is 5.47. The van der Waals surface area contributed by atoms with Gasteiger partial charge in [-0.3, -0.25) is 9.69 Å². The van der Waals surface area contributed by atoms with Gasteiger partial charge in [-0.15, -0.1) is 0 Å². The van der Waals surface area contributed by atoms with Crippen LogP contribution < -0.4 is 5.32 Å². The maximum absolute atomic E-state index is 12.6. The number of carbonyl (C=O) groups excluding carboxylic acids is 1. The van der Waals surface area contributed by atoms with Crippen LogP contribution in [0.3, 0.4) is 0 Å². The molecule has 26 heavy (non-hydrogen) atoms. The molecule has 0 radical (unpaired) electrons. The Balaban J connectivity index is 1.61. The zero-order chi connectivity index (χ0) is 18.7. The number of rotatable bonds is 5. The summed E-state index contributed by atoms with van der Waals surface area (Å²) < 4.78 is 5.83. The highest BCUT2D eigenvalue weighted by atomic mass is 16.5. The lowest BCUT2D eigenvalue weighted by molar-refractivity contribution is -0.122. The summed E-state index contributed by atoms with van der Waals surface area (Å²) in [5.41, 5.74) is 0.979. The smallest absolute Gasteiger partial charge is 0.224 e. The summed E-state index contributed by atoms with van der Waals surface area (Å²) in [6.45, 7) is 11.0. The van der Waals surface area contributed by atoms with Crippen molar-refractivity contribution in [2.75, 3.05) is 19.6 Å². The van der Waals surface area contributed by atoms with Crippen molar-refractivity contribution in [2.24, 2.45) is 0 Å². The highest BCUT2D eigenvalue weighted by Crippen LogP contribution is 2.21. The van der Waals surface area contributed by atoms with Gasteiger partial charge in [0.2, 0.25) is 5.91 Å². The van der Waals surface area contributed by atoms with E-state index < -0.39 is 0 Å². The Labute approximate surface area is 156 Å². The molecular weight excluding hydrogens is 324 g/mol. The van der Waals surface area contributed by atoms with Gasteiger partial charge in [0.15, 0.2) is 0 Å². The largest absolute Gasteiger partial charge is 0.373 e. The van der Waals surface area contributed by atoms with Crippen molar-refractivity contribution >= 4 is 16.7 Å². The molecule has 4 heteroatoms. The fraction of sp³-hybridized carbons (Fsp3) is 0.500. The van der Waals surface area contributed by atoms with Crippen LogP contribution in [-0.2, 0) is 16.0 Å². The van der Waals surface area contributed by atoms with Crippen LogP contribution in [0.2, 0.25) is 0 Å². The minimum atomic E-state index is -0.0965. The quantitative estimate of drug-likeness (QED) is 0.895. The van der Waals surface area contributed by atoms with Gasteiger partial charge in [-0.2, -0.15) is 0 Å². The molecule has 0 bridgehead atoms. The van der Waals surface area contributed by atoms with E-state index in [1.54, 1.807) is 0 Å². The standard InChI is InChI=1S/C22H30N2O2/c1-16-13-24(14-17(2)26-16)22(3,4)15-23-21(25)12-19-10-7-9-18-8-5-6-11-20(18)19/h5-11,16-17H,12-15H2,1-4H3,(H,23,25)/t16-,17-/m0/s1. The first-order valence-electron chi connectivity index (χ1n) is 9.49. The number of nitrogens with zero attached hydrogens (tertiary/aromatic N) is 1. The average molecular weight is 354 g/mol. The number of ether oxygens (including phenoxy) is 1. The Kier molecular flexibility index (Phi) is 5.64. The number of hydrogen-bond donors (Lipinski definition) is 1. The number of nitrogens with one attached hydrogen (secondary N) is 1. The molecule has 2 aromatic carbocycles. The van der Waals surface area contributed by atoms with Gasteiger partial charge < -0.3 is 10.1 Å². The molecular formula is C22H30N2O2. The Morgan fingerprint density at radius 3 is 2.50 bits per heavy atom. The second-order valence-electron chi connectivity index (χ2n) is 8.07. The molecule has 0 spiro atoms. The van der Waals surface area contributed by atoms with Crippen molar-refractivity contribution in [1.82, 2.24) is 10.2 Å². The molecule has 0 saturated carbocycles. The van der Waals surface area contributed by atoms with E-state index in [-0.39, 0.29) is 23.7 Å². The molecule has 2 atom stereocenters. The van der Waals surface area contributed by atoms with Crippen LogP contribution in [0.4, 0.5) is 0 Å². The lowest BCUT2D eigenvalue weighted by atomic mass is 9.99. The van der Waals surface area contributed by atoms with Crippen LogP contribution in [0.25, 0.3) is 10.8 Å². The Morgan fingerprint density at radius 1 is 1.12 bits per heavy atom. The summed E-state index contributed by atoms with van der Waals surface area (Å²) in [4.78, 5) is 15.0. The molecule has 0 aromatic heterocycles. The second kappa shape index (κ2) is 7.77. The first-order valence-corrected chi connectivity index (χ1v) is 9.49. The van der Waals surface area contributed by atoms with E-state index in [9.17, 15) is 4.79 Å². The molecule has 4 nitrogen and oxygen atoms in total. The van der Waals surface area contributed by atoms with Crippen molar-refractivity contribution in [2.45, 2.75) is 51.9 Å². The summed E-state index contributed by atoms with van der Waals surface area (Å²) in [6.07, 6.45) is 0.863. The number of hydrogen-bond acceptors (Lipinski definition) is 3. The third-order valence-electron chi connectivity index (χ3n) is 5.22.